The topological polar surface area (TPSA) is 96.3 Å². The number of imide groups is 1. The first-order valence-corrected chi connectivity index (χ1v) is 7.39. The Morgan fingerprint density at radius 1 is 1.25 bits per heavy atom. The number of benzene rings is 1. The predicted octanol–water partition coefficient (Wildman–Crippen LogP) is 0.826. The van der Waals surface area contributed by atoms with E-state index in [0.29, 0.717) is 11.4 Å². The van der Waals surface area contributed by atoms with Gasteiger partial charge in [-0.2, -0.15) is 5.10 Å². The minimum Gasteiger partial charge on any atom is -0.319 e. The van der Waals surface area contributed by atoms with Gasteiger partial charge < -0.3 is 10.6 Å². The zero-order valence-electron chi connectivity index (χ0n) is 13.3. The van der Waals surface area contributed by atoms with E-state index in [1.165, 1.54) is 4.68 Å². The lowest BCUT2D eigenvalue weighted by Crippen LogP contribution is -2.42. The minimum absolute atomic E-state index is 0.361. The number of nitrogens with one attached hydrogen (secondary N) is 2. The van der Waals surface area contributed by atoms with Crippen LogP contribution in [0.1, 0.15) is 12.5 Å². The predicted molar refractivity (Wildman–Crippen MR) is 85.9 cm³/mol. The lowest BCUT2D eigenvalue weighted by molar-refractivity contribution is -0.133. The van der Waals surface area contributed by atoms with E-state index in [2.05, 4.69) is 15.7 Å². The summed E-state index contributed by atoms with van der Waals surface area (Å²) in [6.45, 7) is 1.25. The first-order valence-electron chi connectivity index (χ1n) is 7.39. The summed E-state index contributed by atoms with van der Waals surface area (Å²) in [6.07, 6.45) is 1.68. The van der Waals surface area contributed by atoms with Gasteiger partial charge in [0, 0.05) is 19.3 Å². The van der Waals surface area contributed by atoms with Crippen LogP contribution in [0.3, 0.4) is 0 Å². The molecule has 1 aromatic carbocycles. The van der Waals surface area contributed by atoms with Crippen LogP contribution in [0.2, 0.25) is 0 Å². The summed E-state index contributed by atoms with van der Waals surface area (Å²) in [6, 6.07) is 9.95. The largest absolute Gasteiger partial charge is 0.325 e. The maximum atomic E-state index is 12.7. The number of rotatable bonds is 4. The Labute approximate surface area is 138 Å². The number of amides is 4. The summed E-state index contributed by atoms with van der Waals surface area (Å²) < 4.78 is 1.54. The number of hydrogen-bond donors (Lipinski definition) is 2. The Balaban J connectivity index is 1.74. The minimum atomic E-state index is -1.18. The Morgan fingerprint density at radius 2 is 1.96 bits per heavy atom. The van der Waals surface area contributed by atoms with E-state index in [0.717, 1.165) is 4.90 Å². The van der Waals surface area contributed by atoms with Gasteiger partial charge in [0.1, 0.15) is 12.1 Å². The molecule has 2 aromatic rings. The van der Waals surface area contributed by atoms with Crippen molar-refractivity contribution in [3.05, 3.63) is 48.2 Å². The number of aryl methyl sites for hydroxylation is 1. The summed E-state index contributed by atoms with van der Waals surface area (Å²) in [5.74, 6) is -0.593. The lowest BCUT2D eigenvalue weighted by atomic mass is 9.92. The molecule has 1 aromatic heterocycles. The molecule has 2 N–H and O–H groups in total. The first kappa shape index (κ1) is 15.7. The third-order valence-corrected chi connectivity index (χ3v) is 3.91. The molecule has 1 fully saturated rings. The second-order valence-electron chi connectivity index (χ2n) is 5.74. The maximum Gasteiger partial charge on any atom is 0.325 e. The molecule has 1 saturated heterocycles. The summed E-state index contributed by atoms with van der Waals surface area (Å²) in [4.78, 5) is 37.8. The average molecular weight is 327 g/mol. The van der Waals surface area contributed by atoms with Crippen LogP contribution in [0, 0.1) is 0 Å². The van der Waals surface area contributed by atoms with E-state index < -0.39 is 23.4 Å². The highest BCUT2D eigenvalue weighted by molar-refractivity contribution is 6.10. The van der Waals surface area contributed by atoms with Crippen molar-refractivity contribution >= 4 is 23.7 Å². The molecule has 0 radical (unpaired) electrons. The highest BCUT2D eigenvalue weighted by atomic mass is 16.2. The number of urea groups is 1. The number of aromatic nitrogens is 2. The SMILES string of the molecule is Cn1ccc(NC(=O)CN2C(=O)N[C@@](C)(c3ccccc3)C2=O)n1. The van der Waals surface area contributed by atoms with Gasteiger partial charge >= 0.3 is 6.03 Å². The molecule has 0 bridgehead atoms. The standard InChI is InChI=1S/C16H17N5O3/c1-16(11-6-4-3-5-7-11)14(23)21(15(24)18-16)10-13(22)17-12-8-9-20(2)19-12/h3-9H,10H2,1-2H3,(H,18,24)(H,17,19,22)/t16-/m0/s1. The smallest absolute Gasteiger partial charge is 0.319 e. The molecule has 124 valence electrons. The van der Waals surface area contributed by atoms with Crippen LogP contribution in [0.25, 0.3) is 0 Å². The number of nitrogens with zero attached hydrogens (tertiary/aromatic N) is 3. The van der Waals surface area contributed by atoms with E-state index in [1.807, 2.05) is 6.07 Å². The highest BCUT2D eigenvalue weighted by Gasteiger charge is 2.49. The van der Waals surface area contributed by atoms with Gasteiger partial charge in [-0.1, -0.05) is 30.3 Å². The maximum absolute atomic E-state index is 12.7. The molecular weight excluding hydrogens is 310 g/mol. The van der Waals surface area contributed by atoms with Crippen molar-refractivity contribution in [3.8, 4) is 0 Å². The normalized spacial score (nSPS) is 20.2. The van der Waals surface area contributed by atoms with Gasteiger partial charge in [0.25, 0.3) is 5.91 Å². The van der Waals surface area contributed by atoms with Crippen molar-refractivity contribution < 1.29 is 14.4 Å². The molecule has 0 unspecified atom stereocenters. The molecule has 2 heterocycles. The van der Waals surface area contributed by atoms with E-state index >= 15 is 0 Å². The Hall–Kier alpha value is -3.16. The van der Waals surface area contributed by atoms with Crippen molar-refractivity contribution in [1.29, 1.82) is 0 Å². The van der Waals surface area contributed by atoms with E-state index in [4.69, 9.17) is 0 Å². The number of anilines is 1. The summed E-state index contributed by atoms with van der Waals surface area (Å²) in [5, 5.41) is 9.23. The third kappa shape index (κ3) is 2.73. The van der Waals surface area contributed by atoms with Crippen LogP contribution in [0.4, 0.5) is 10.6 Å². The fraction of sp³-hybridized carbons (Fsp3) is 0.250. The van der Waals surface area contributed by atoms with Crippen LogP contribution in [-0.2, 0) is 22.2 Å². The van der Waals surface area contributed by atoms with Crippen molar-refractivity contribution in [3.63, 3.8) is 0 Å². The summed E-state index contributed by atoms with van der Waals surface area (Å²) in [5.41, 5.74) is -0.514. The van der Waals surface area contributed by atoms with Gasteiger partial charge in [0.2, 0.25) is 5.91 Å². The molecule has 24 heavy (non-hydrogen) atoms. The van der Waals surface area contributed by atoms with E-state index in [-0.39, 0.29) is 6.54 Å². The second-order valence-corrected chi connectivity index (χ2v) is 5.74. The van der Waals surface area contributed by atoms with Gasteiger partial charge in [-0.15, -0.1) is 0 Å². The molecule has 4 amide bonds. The molecule has 0 saturated carbocycles. The highest BCUT2D eigenvalue weighted by Crippen LogP contribution is 2.28. The molecule has 3 rings (SSSR count). The molecule has 1 aliphatic rings. The Kier molecular flexibility index (Phi) is 3.80. The van der Waals surface area contributed by atoms with Crippen LogP contribution in [0.15, 0.2) is 42.6 Å². The van der Waals surface area contributed by atoms with Crippen molar-refractivity contribution in [2.75, 3.05) is 11.9 Å². The van der Waals surface area contributed by atoms with Crippen LogP contribution in [0.5, 0.6) is 0 Å². The third-order valence-electron chi connectivity index (χ3n) is 3.91. The van der Waals surface area contributed by atoms with Gasteiger partial charge in [-0.05, 0) is 12.5 Å². The fourth-order valence-corrected chi connectivity index (χ4v) is 2.62. The van der Waals surface area contributed by atoms with Crippen molar-refractivity contribution in [2.45, 2.75) is 12.5 Å². The fourth-order valence-electron chi connectivity index (χ4n) is 2.62. The molecule has 8 nitrogen and oxygen atoms in total. The van der Waals surface area contributed by atoms with E-state index in [1.54, 1.807) is 50.5 Å². The number of carbonyl (C=O) groups is 3. The quantitative estimate of drug-likeness (QED) is 0.813. The Bertz CT molecular complexity index is 801. The first-order chi connectivity index (χ1) is 11.4. The average Bonchev–Trinajstić information content (AvgIpc) is 3.05. The van der Waals surface area contributed by atoms with Gasteiger partial charge in [-0.3, -0.25) is 19.2 Å². The molecule has 8 heteroatoms. The van der Waals surface area contributed by atoms with E-state index in [9.17, 15) is 14.4 Å². The molecular formula is C16H17N5O3. The zero-order valence-corrected chi connectivity index (χ0v) is 13.3. The summed E-state index contributed by atoms with van der Waals surface area (Å²) in [7, 11) is 1.72. The molecule has 1 atom stereocenters. The molecule has 0 spiro atoms. The van der Waals surface area contributed by atoms with Crippen molar-refractivity contribution in [1.82, 2.24) is 20.0 Å². The summed E-state index contributed by atoms with van der Waals surface area (Å²) >= 11 is 0. The molecule has 1 aliphatic heterocycles. The number of carbonyl (C=O) groups excluding carboxylic acids is 3. The monoisotopic (exact) mass is 327 g/mol. The lowest BCUT2D eigenvalue weighted by Gasteiger charge is -2.22. The van der Waals surface area contributed by atoms with Crippen LogP contribution < -0.4 is 10.6 Å². The van der Waals surface area contributed by atoms with Gasteiger partial charge in [0.05, 0.1) is 0 Å². The van der Waals surface area contributed by atoms with Crippen molar-refractivity contribution in [2.24, 2.45) is 7.05 Å². The van der Waals surface area contributed by atoms with Crippen LogP contribution >= 0.6 is 0 Å². The second kappa shape index (κ2) is 5.80. The van der Waals surface area contributed by atoms with Gasteiger partial charge in [0.15, 0.2) is 5.82 Å². The Morgan fingerprint density at radius 3 is 2.58 bits per heavy atom. The van der Waals surface area contributed by atoms with Crippen LogP contribution in [-0.4, -0.2) is 39.1 Å². The zero-order chi connectivity index (χ0) is 17.3. The number of hydrogen-bond acceptors (Lipinski definition) is 4. The van der Waals surface area contributed by atoms with Gasteiger partial charge in [-0.25, -0.2) is 4.79 Å². The molecule has 0 aliphatic carbocycles.